The SMILES string of the molecule is CCOc1ccc(SCC(=O)NCC(Cc2ccccc2)C(=O)O)cc1. The van der Waals surface area contributed by atoms with E-state index in [1.165, 1.54) is 11.8 Å². The van der Waals surface area contributed by atoms with Crippen molar-refractivity contribution in [3.63, 3.8) is 0 Å². The number of rotatable bonds is 10. The highest BCUT2D eigenvalue weighted by Crippen LogP contribution is 2.21. The Morgan fingerprint density at radius 2 is 1.81 bits per heavy atom. The lowest BCUT2D eigenvalue weighted by molar-refractivity contribution is -0.141. The number of aliphatic carboxylic acids is 1. The summed E-state index contributed by atoms with van der Waals surface area (Å²) >= 11 is 1.40. The topological polar surface area (TPSA) is 75.6 Å². The molecule has 0 aliphatic heterocycles. The van der Waals surface area contributed by atoms with Gasteiger partial charge >= 0.3 is 5.97 Å². The Bertz CT molecular complexity index is 704. The van der Waals surface area contributed by atoms with E-state index in [2.05, 4.69) is 5.32 Å². The maximum absolute atomic E-state index is 12.0. The number of carboxylic acids is 1. The lowest BCUT2D eigenvalue weighted by Crippen LogP contribution is -2.35. The van der Waals surface area contributed by atoms with Gasteiger partial charge in [0.1, 0.15) is 5.75 Å². The number of nitrogens with one attached hydrogen (secondary N) is 1. The maximum Gasteiger partial charge on any atom is 0.308 e. The van der Waals surface area contributed by atoms with Crippen LogP contribution < -0.4 is 10.1 Å². The summed E-state index contributed by atoms with van der Waals surface area (Å²) in [4.78, 5) is 24.4. The molecule has 2 N–H and O–H groups in total. The molecule has 1 unspecified atom stereocenters. The Hall–Kier alpha value is -2.47. The van der Waals surface area contributed by atoms with Crippen LogP contribution in [0.2, 0.25) is 0 Å². The third-order valence-corrected chi connectivity index (χ3v) is 4.74. The van der Waals surface area contributed by atoms with Crippen molar-refractivity contribution in [3.05, 3.63) is 60.2 Å². The highest BCUT2D eigenvalue weighted by Gasteiger charge is 2.19. The smallest absolute Gasteiger partial charge is 0.308 e. The third kappa shape index (κ3) is 6.80. The monoisotopic (exact) mass is 373 g/mol. The molecule has 5 nitrogen and oxygen atoms in total. The normalized spacial score (nSPS) is 11.6. The molecule has 6 heteroatoms. The zero-order valence-electron chi connectivity index (χ0n) is 14.7. The van der Waals surface area contributed by atoms with Gasteiger partial charge < -0.3 is 15.2 Å². The molecule has 0 bridgehead atoms. The van der Waals surface area contributed by atoms with Crippen LogP contribution in [0.5, 0.6) is 5.75 Å². The Morgan fingerprint density at radius 1 is 1.12 bits per heavy atom. The van der Waals surface area contributed by atoms with Crippen molar-refractivity contribution in [2.75, 3.05) is 18.9 Å². The molecule has 0 saturated carbocycles. The summed E-state index contributed by atoms with van der Waals surface area (Å²) in [6.45, 7) is 2.66. The molecule has 0 aliphatic carbocycles. The molecule has 0 heterocycles. The average molecular weight is 373 g/mol. The van der Waals surface area contributed by atoms with Crippen LogP contribution in [0.1, 0.15) is 12.5 Å². The van der Waals surface area contributed by atoms with E-state index in [0.717, 1.165) is 16.2 Å². The zero-order chi connectivity index (χ0) is 18.8. The van der Waals surface area contributed by atoms with E-state index in [1.54, 1.807) is 0 Å². The number of carboxylic acid groups (broad SMARTS) is 1. The summed E-state index contributed by atoms with van der Waals surface area (Å²) in [5.41, 5.74) is 0.943. The van der Waals surface area contributed by atoms with Crippen LogP contribution in [-0.2, 0) is 16.0 Å². The number of carbonyl (C=O) groups is 2. The average Bonchev–Trinajstić information content (AvgIpc) is 2.65. The first-order valence-corrected chi connectivity index (χ1v) is 9.46. The quantitative estimate of drug-likeness (QED) is 0.626. The molecule has 138 valence electrons. The largest absolute Gasteiger partial charge is 0.494 e. The Labute approximate surface area is 157 Å². The fraction of sp³-hybridized carbons (Fsp3) is 0.300. The maximum atomic E-state index is 12.0. The molecule has 0 saturated heterocycles. The zero-order valence-corrected chi connectivity index (χ0v) is 15.5. The van der Waals surface area contributed by atoms with Crippen LogP contribution in [0.3, 0.4) is 0 Å². The molecule has 0 fully saturated rings. The summed E-state index contributed by atoms with van der Waals surface area (Å²) in [6, 6.07) is 16.9. The first-order valence-electron chi connectivity index (χ1n) is 8.47. The highest BCUT2D eigenvalue weighted by atomic mass is 32.2. The Balaban J connectivity index is 1.77. The highest BCUT2D eigenvalue weighted by molar-refractivity contribution is 8.00. The molecular weight excluding hydrogens is 350 g/mol. The van der Waals surface area contributed by atoms with Crippen LogP contribution in [0.15, 0.2) is 59.5 Å². The van der Waals surface area contributed by atoms with Crippen molar-refractivity contribution in [1.82, 2.24) is 5.32 Å². The number of benzene rings is 2. The molecule has 0 aliphatic rings. The van der Waals surface area contributed by atoms with Crippen molar-refractivity contribution in [2.24, 2.45) is 5.92 Å². The van der Waals surface area contributed by atoms with Gasteiger partial charge in [0, 0.05) is 11.4 Å². The molecule has 0 spiro atoms. The van der Waals surface area contributed by atoms with Crippen molar-refractivity contribution in [3.8, 4) is 5.75 Å². The first kappa shape index (κ1) is 19.8. The minimum Gasteiger partial charge on any atom is -0.494 e. The van der Waals surface area contributed by atoms with Gasteiger partial charge in [0.25, 0.3) is 0 Å². The van der Waals surface area contributed by atoms with Crippen LogP contribution in [0.25, 0.3) is 0 Å². The molecule has 26 heavy (non-hydrogen) atoms. The summed E-state index contributed by atoms with van der Waals surface area (Å²) < 4.78 is 5.38. The Morgan fingerprint density at radius 3 is 2.42 bits per heavy atom. The predicted molar refractivity (Wildman–Crippen MR) is 103 cm³/mol. The summed E-state index contributed by atoms with van der Waals surface area (Å²) in [5, 5.41) is 12.1. The lowest BCUT2D eigenvalue weighted by Gasteiger charge is -2.13. The van der Waals surface area contributed by atoms with E-state index in [-0.39, 0.29) is 18.2 Å². The molecule has 2 aromatic rings. The van der Waals surface area contributed by atoms with E-state index < -0.39 is 11.9 Å². The molecule has 1 atom stereocenters. The van der Waals surface area contributed by atoms with Crippen LogP contribution in [0.4, 0.5) is 0 Å². The van der Waals surface area contributed by atoms with Crippen molar-refractivity contribution < 1.29 is 19.4 Å². The van der Waals surface area contributed by atoms with E-state index in [9.17, 15) is 14.7 Å². The van der Waals surface area contributed by atoms with E-state index in [4.69, 9.17) is 4.74 Å². The standard InChI is InChI=1S/C20H23NO4S/c1-2-25-17-8-10-18(11-9-17)26-14-19(22)21-13-16(20(23)24)12-15-6-4-3-5-7-15/h3-11,16H,2,12-14H2,1H3,(H,21,22)(H,23,24). The van der Waals surface area contributed by atoms with Gasteiger partial charge in [0.05, 0.1) is 18.3 Å². The molecule has 1 amide bonds. The van der Waals surface area contributed by atoms with Gasteiger partial charge in [-0.05, 0) is 43.2 Å². The summed E-state index contributed by atoms with van der Waals surface area (Å²) in [7, 11) is 0. The second kappa shape index (κ2) is 10.5. The Kier molecular flexibility index (Phi) is 8.02. The van der Waals surface area contributed by atoms with Gasteiger partial charge in [-0.2, -0.15) is 0 Å². The summed E-state index contributed by atoms with van der Waals surface area (Å²) in [6.07, 6.45) is 0.391. The first-order chi connectivity index (χ1) is 12.6. The van der Waals surface area contributed by atoms with Gasteiger partial charge in [0.2, 0.25) is 5.91 Å². The number of ether oxygens (including phenoxy) is 1. The van der Waals surface area contributed by atoms with Gasteiger partial charge in [-0.1, -0.05) is 30.3 Å². The van der Waals surface area contributed by atoms with Gasteiger partial charge in [-0.25, -0.2) is 0 Å². The predicted octanol–water partition coefficient (Wildman–Crippen LogP) is 3.24. The number of hydrogen-bond donors (Lipinski definition) is 2. The minimum atomic E-state index is -0.909. The molecule has 2 aromatic carbocycles. The second-order valence-electron chi connectivity index (χ2n) is 5.72. The molecular formula is C20H23NO4S. The number of amides is 1. The van der Waals surface area contributed by atoms with Gasteiger partial charge in [-0.3, -0.25) is 9.59 Å². The fourth-order valence-electron chi connectivity index (χ4n) is 2.38. The van der Waals surface area contributed by atoms with E-state index >= 15 is 0 Å². The molecule has 0 aromatic heterocycles. The third-order valence-electron chi connectivity index (χ3n) is 3.72. The van der Waals surface area contributed by atoms with Crippen molar-refractivity contribution >= 4 is 23.6 Å². The van der Waals surface area contributed by atoms with Gasteiger partial charge in [0.15, 0.2) is 0 Å². The molecule has 2 rings (SSSR count). The minimum absolute atomic E-state index is 0.118. The number of thioether (sulfide) groups is 1. The lowest BCUT2D eigenvalue weighted by atomic mass is 9.99. The van der Waals surface area contributed by atoms with E-state index in [1.807, 2.05) is 61.5 Å². The van der Waals surface area contributed by atoms with Crippen molar-refractivity contribution in [1.29, 1.82) is 0 Å². The fourth-order valence-corrected chi connectivity index (χ4v) is 3.11. The number of hydrogen-bond acceptors (Lipinski definition) is 4. The van der Waals surface area contributed by atoms with E-state index in [0.29, 0.717) is 13.0 Å². The van der Waals surface area contributed by atoms with Crippen molar-refractivity contribution in [2.45, 2.75) is 18.2 Å². The summed E-state index contributed by atoms with van der Waals surface area (Å²) in [5.74, 6) is -0.689. The van der Waals surface area contributed by atoms with Crippen LogP contribution in [-0.4, -0.2) is 35.9 Å². The number of carbonyl (C=O) groups excluding carboxylic acids is 1. The second-order valence-corrected chi connectivity index (χ2v) is 6.77. The molecule has 0 radical (unpaired) electrons. The van der Waals surface area contributed by atoms with Gasteiger partial charge in [-0.15, -0.1) is 11.8 Å². The van der Waals surface area contributed by atoms with Crippen LogP contribution in [0, 0.1) is 5.92 Å². The van der Waals surface area contributed by atoms with Crippen LogP contribution >= 0.6 is 11.8 Å².